The number of amides is 3. The van der Waals surface area contributed by atoms with Crippen LogP contribution in [0.25, 0.3) is 0 Å². The lowest BCUT2D eigenvalue weighted by Crippen LogP contribution is -2.32. The molecule has 0 saturated heterocycles. The van der Waals surface area contributed by atoms with Gasteiger partial charge in [-0.1, -0.05) is 23.8 Å². The van der Waals surface area contributed by atoms with Gasteiger partial charge in [0, 0.05) is 43.9 Å². The Morgan fingerprint density at radius 3 is 2.33 bits per heavy atom. The Labute approximate surface area is 159 Å². The monoisotopic (exact) mass is 367 g/mol. The molecule has 142 valence electrons. The Balaban J connectivity index is 2.05. The third-order valence-electron chi connectivity index (χ3n) is 4.08. The Hall–Kier alpha value is -3.15. The van der Waals surface area contributed by atoms with Gasteiger partial charge in [-0.2, -0.15) is 0 Å². The van der Waals surface area contributed by atoms with Crippen LogP contribution in [0, 0.1) is 13.8 Å². The third-order valence-corrected chi connectivity index (χ3v) is 4.08. The van der Waals surface area contributed by atoms with Gasteiger partial charge in [0.15, 0.2) is 0 Å². The van der Waals surface area contributed by atoms with Crippen molar-refractivity contribution in [2.75, 3.05) is 22.1 Å². The fourth-order valence-corrected chi connectivity index (χ4v) is 2.80. The molecule has 2 aromatic carbocycles. The van der Waals surface area contributed by atoms with Gasteiger partial charge in [0.25, 0.3) is 0 Å². The van der Waals surface area contributed by atoms with E-state index in [1.807, 2.05) is 32.0 Å². The number of hydrogen-bond donors (Lipinski definition) is 2. The number of anilines is 3. The average Bonchev–Trinajstić information content (AvgIpc) is 2.57. The molecule has 2 rings (SSSR count). The van der Waals surface area contributed by atoms with Crippen LogP contribution in [0.3, 0.4) is 0 Å². The van der Waals surface area contributed by atoms with Crippen LogP contribution >= 0.6 is 0 Å². The van der Waals surface area contributed by atoms with Crippen molar-refractivity contribution in [1.82, 2.24) is 0 Å². The lowest BCUT2D eigenvalue weighted by Gasteiger charge is -2.22. The van der Waals surface area contributed by atoms with Crippen LogP contribution in [-0.4, -0.2) is 24.3 Å². The normalized spacial score (nSPS) is 10.2. The van der Waals surface area contributed by atoms with Crippen molar-refractivity contribution in [2.24, 2.45) is 0 Å². The summed E-state index contributed by atoms with van der Waals surface area (Å²) >= 11 is 0. The summed E-state index contributed by atoms with van der Waals surface area (Å²) in [5.74, 6) is -0.519. The third kappa shape index (κ3) is 5.95. The number of benzene rings is 2. The summed E-state index contributed by atoms with van der Waals surface area (Å²) < 4.78 is 0. The number of aryl methyl sites for hydroxylation is 2. The molecule has 0 radical (unpaired) electrons. The van der Waals surface area contributed by atoms with Crippen molar-refractivity contribution >= 4 is 34.8 Å². The topological polar surface area (TPSA) is 78.5 Å². The van der Waals surface area contributed by atoms with E-state index in [4.69, 9.17) is 0 Å². The van der Waals surface area contributed by atoms with E-state index in [1.54, 1.807) is 24.3 Å². The van der Waals surface area contributed by atoms with E-state index in [2.05, 4.69) is 10.6 Å². The minimum absolute atomic E-state index is 0.161. The highest BCUT2D eigenvalue weighted by Crippen LogP contribution is 2.21. The number of nitrogens with zero attached hydrogens (tertiary/aromatic N) is 1. The molecular weight excluding hydrogens is 342 g/mol. The predicted molar refractivity (Wildman–Crippen MR) is 108 cm³/mol. The molecule has 0 aliphatic heterocycles. The highest BCUT2D eigenvalue weighted by Gasteiger charge is 2.14. The molecule has 6 nitrogen and oxygen atoms in total. The summed E-state index contributed by atoms with van der Waals surface area (Å²) in [6, 6.07) is 12.8. The van der Waals surface area contributed by atoms with Crippen molar-refractivity contribution in [2.45, 2.75) is 34.1 Å². The molecule has 0 aliphatic carbocycles. The van der Waals surface area contributed by atoms with E-state index < -0.39 is 0 Å². The molecule has 0 spiro atoms. The van der Waals surface area contributed by atoms with Gasteiger partial charge in [-0.3, -0.25) is 14.4 Å². The molecule has 0 bridgehead atoms. The van der Waals surface area contributed by atoms with E-state index >= 15 is 0 Å². The van der Waals surface area contributed by atoms with Crippen LogP contribution in [0.2, 0.25) is 0 Å². The lowest BCUT2D eigenvalue weighted by atomic mass is 10.1. The fourth-order valence-electron chi connectivity index (χ4n) is 2.80. The second-order valence-electron chi connectivity index (χ2n) is 6.52. The zero-order chi connectivity index (χ0) is 20.0. The van der Waals surface area contributed by atoms with Crippen LogP contribution in [-0.2, 0) is 14.4 Å². The molecule has 6 heteroatoms. The number of hydrogen-bond acceptors (Lipinski definition) is 3. The van der Waals surface area contributed by atoms with Gasteiger partial charge in [0.1, 0.15) is 0 Å². The summed E-state index contributed by atoms with van der Waals surface area (Å²) in [5, 5.41) is 5.58. The van der Waals surface area contributed by atoms with Gasteiger partial charge in [0.05, 0.1) is 0 Å². The van der Waals surface area contributed by atoms with Crippen molar-refractivity contribution < 1.29 is 14.4 Å². The van der Waals surface area contributed by atoms with E-state index in [9.17, 15) is 14.4 Å². The minimum Gasteiger partial charge on any atom is -0.326 e. The van der Waals surface area contributed by atoms with Gasteiger partial charge in [-0.15, -0.1) is 0 Å². The molecule has 27 heavy (non-hydrogen) atoms. The molecule has 0 aromatic heterocycles. The standard InChI is InChI=1S/C21H25N3O3/c1-14-8-9-20(15(2)12-14)23-21(27)10-11-24(17(4)26)19-7-5-6-18(13-19)22-16(3)25/h5-9,12-13H,10-11H2,1-4H3,(H,22,25)(H,23,27). The highest BCUT2D eigenvalue weighted by atomic mass is 16.2. The maximum absolute atomic E-state index is 12.3. The minimum atomic E-state index is -0.186. The van der Waals surface area contributed by atoms with Gasteiger partial charge in [-0.05, 0) is 43.7 Å². The quantitative estimate of drug-likeness (QED) is 0.818. The first-order valence-corrected chi connectivity index (χ1v) is 8.79. The van der Waals surface area contributed by atoms with Crippen LogP contribution in [0.1, 0.15) is 31.4 Å². The first kappa shape index (κ1) is 20.2. The molecule has 0 saturated carbocycles. The summed E-state index contributed by atoms with van der Waals surface area (Å²) in [5.41, 5.74) is 4.13. The molecular formula is C21H25N3O3. The van der Waals surface area contributed by atoms with E-state index in [0.29, 0.717) is 11.4 Å². The average molecular weight is 367 g/mol. The van der Waals surface area contributed by atoms with Gasteiger partial charge < -0.3 is 15.5 Å². The van der Waals surface area contributed by atoms with Crippen molar-refractivity contribution in [3.63, 3.8) is 0 Å². The van der Waals surface area contributed by atoms with Crippen LogP contribution in [0.15, 0.2) is 42.5 Å². The number of rotatable bonds is 6. The maximum Gasteiger partial charge on any atom is 0.226 e. The Morgan fingerprint density at radius 2 is 1.70 bits per heavy atom. The molecule has 2 N–H and O–H groups in total. The summed E-state index contributed by atoms with van der Waals surface area (Å²) in [4.78, 5) is 37.1. The SMILES string of the molecule is CC(=O)Nc1cccc(N(CCC(=O)Nc2ccc(C)cc2C)C(C)=O)c1. The Morgan fingerprint density at radius 1 is 0.963 bits per heavy atom. The molecule has 0 fully saturated rings. The van der Waals surface area contributed by atoms with Crippen molar-refractivity contribution in [3.8, 4) is 0 Å². The zero-order valence-corrected chi connectivity index (χ0v) is 16.1. The molecule has 2 aromatic rings. The smallest absolute Gasteiger partial charge is 0.226 e. The Bertz CT molecular complexity index is 862. The van der Waals surface area contributed by atoms with E-state index in [-0.39, 0.29) is 30.7 Å². The molecule has 0 heterocycles. The van der Waals surface area contributed by atoms with E-state index in [1.165, 1.54) is 18.7 Å². The Kier molecular flexibility index (Phi) is 6.71. The van der Waals surface area contributed by atoms with Crippen molar-refractivity contribution in [1.29, 1.82) is 0 Å². The second kappa shape index (κ2) is 8.98. The van der Waals surface area contributed by atoms with Crippen LogP contribution in [0.4, 0.5) is 17.1 Å². The first-order chi connectivity index (χ1) is 12.8. The second-order valence-corrected chi connectivity index (χ2v) is 6.52. The van der Waals surface area contributed by atoms with Crippen molar-refractivity contribution in [3.05, 3.63) is 53.6 Å². The first-order valence-electron chi connectivity index (χ1n) is 8.79. The van der Waals surface area contributed by atoms with Crippen LogP contribution < -0.4 is 15.5 Å². The molecule has 0 atom stereocenters. The summed E-state index contributed by atoms with van der Waals surface area (Å²) in [6.07, 6.45) is 0.164. The van der Waals surface area contributed by atoms with Gasteiger partial charge in [-0.25, -0.2) is 0 Å². The van der Waals surface area contributed by atoms with Gasteiger partial charge >= 0.3 is 0 Å². The fraction of sp³-hybridized carbons (Fsp3) is 0.286. The number of carbonyl (C=O) groups is 3. The zero-order valence-electron chi connectivity index (χ0n) is 16.1. The maximum atomic E-state index is 12.3. The number of carbonyl (C=O) groups excluding carboxylic acids is 3. The predicted octanol–water partition coefficient (Wildman–Crippen LogP) is 3.64. The largest absolute Gasteiger partial charge is 0.326 e. The van der Waals surface area contributed by atoms with Gasteiger partial charge in [0.2, 0.25) is 17.7 Å². The molecule has 0 unspecified atom stereocenters. The highest BCUT2D eigenvalue weighted by molar-refractivity contribution is 5.96. The molecule has 3 amide bonds. The molecule has 0 aliphatic rings. The summed E-state index contributed by atoms with van der Waals surface area (Å²) in [7, 11) is 0. The van der Waals surface area contributed by atoms with Crippen LogP contribution in [0.5, 0.6) is 0 Å². The van der Waals surface area contributed by atoms with E-state index in [0.717, 1.165) is 16.8 Å². The summed E-state index contributed by atoms with van der Waals surface area (Å²) in [6.45, 7) is 7.06. The lowest BCUT2D eigenvalue weighted by molar-refractivity contribution is -0.117. The number of nitrogens with one attached hydrogen (secondary N) is 2.